The fourth-order valence-electron chi connectivity index (χ4n) is 1.66. The number of nitrogens with zero attached hydrogens (tertiary/aromatic N) is 1. The largest absolute Gasteiger partial charge is 0.478 e. The lowest BCUT2D eigenvalue weighted by Gasteiger charge is -2.09. The van der Waals surface area contributed by atoms with E-state index in [0.29, 0.717) is 5.69 Å². The Morgan fingerprint density at radius 1 is 1.14 bits per heavy atom. The summed E-state index contributed by atoms with van der Waals surface area (Å²) in [6, 6.07) is 8.19. The predicted octanol–water partition coefficient (Wildman–Crippen LogP) is 4.34. The highest BCUT2D eigenvalue weighted by Gasteiger charge is 2.16. The molecule has 0 saturated heterocycles. The highest BCUT2D eigenvalue weighted by Crippen LogP contribution is 2.33. The number of hydrogen-bond donors (Lipinski definition) is 2. The monoisotopic (exact) mass is 326 g/mol. The molecule has 0 fully saturated rings. The third-order valence-corrected chi connectivity index (χ3v) is 3.19. The molecule has 0 saturated carbocycles. The number of rotatable bonds is 4. The van der Waals surface area contributed by atoms with Crippen LogP contribution in [0.3, 0.4) is 0 Å². The van der Waals surface area contributed by atoms with E-state index in [1.165, 1.54) is 36.4 Å². The minimum Gasteiger partial charge on any atom is -0.478 e. The summed E-state index contributed by atoms with van der Waals surface area (Å²) < 4.78 is 0. The summed E-state index contributed by atoms with van der Waals surface area (Å²) in [6.45, 7) is 0. The van der Waals surface area contributed by atoms with E-state index in [0.717, 1.165) is 0 Å². The number of nitro benzene ring substituents is 1. The molecule has 2 rings (SSSR count). The third-order valence-electron chi connectivity index (χ3n) is 2.64. The van der Waals surface area contributed by atoms with Crippen LogP contribution in [-0.2, 0) is 0 Å². The van der Waals surface area contributed by atoms with Gasteiger partial charge in [-0.15, -0.1) is 0 Å². The Bertz CT molecular complexity index is 734. The summed E-state index contributed by atoms with van der Waals surface area (Å²) in [5.41, 5.74) is 0.374. The predicted molar refractivity (Wildman–Crippen MR) is 79.8 cm³/mol. The average Bonchev–Trinajstić information content (AvgIpc) is 2.42. The van der Waals surface area contributed by atoms with Crippen LogP contribution in [0.5, 0.6) is 0 Å². The molecule has 0 aliphatic rings. The Kier molecular flexibility index (Phi) is 4.30. The fraction of sp³-hybridized carbons (Fsp3) is 0. The van der Waals surface area contributed by atoms with Gasteiger partial charge in [-0.2, -0.15) is 0 Å². The Hall–Kier alpha value is -2.31. The van der Waals surface area contributed by atoms with Crippen molar-refractivity contribution in [2.24, 2.45) is 0 Å². The Balaban J connectivity index is 2.39. The molecule has 0 unspecified atom stereocenters. The average molecular weight is 327 g/mol. The first-order valence-electron chi connectivity index (χ1n) is 5.62. The van der Waals surface area contributed by atoms with Gasteiger partial charge in [-0.3, -0.25) is 10.1 Å². The van der Waals surface area contributed by atoms with Crippen LogP contribution in [0.15, 0.2) is 36.4 Å². The second-order valence-electron chi connectivity index (χ2n) is 4.04. The molecule has 0 aromatic heterocycles. The Morgan fingerprint density at radius 2 is 1.81 bits per heavy atom. The molecule has 0 amide bonds. The van der Waals surface area contributed by atoms with Crippen molar-refractivity contribution in [1.82, 2.24) is 0 Å². The number of carbonyl (C=O) groups is 1. The number of nitrogens with one attached hydrogen (secondary N) is 1. The lowest BCUT2D eigenvalue weighted by Crippen LogP contribution is -2.00. The van der Waals surface area contributed by atoms with Crippen LogP contribution < -0.4 is 5.32 Å². The van der Waals surface area contributed by atoms with Crippen molar-refractivity contribution in [2.45, 2.75) is 0 Å². The zero-order valence-corrected chi connectivity index (χ0v) is 11.9. The summed E-state index contributed by atoms with van der Waals surface area (Å²) in [6.07, 6.45) is 0. The Morgan fingerprint density at radius 3 is 2.38 bits per heavy atom. The van der Waals surface area contributed by atoms with Crippen LogP contribution in [0.2, 0.25) is 10.0 Å². The van der Waals surface area contributed by atoms with Crippen molar-refractivity contribution in [3.63, 3.8) is 0 Å². The highest BCUT2D eigenvalue weighted by molar-refractivity contribution is 6.33. The lowest BCUT2D eigenvalue weighted by atomic mass is 10.2. The van der Waals surface area contributed by atoms with Gasteiger partial charge in [-0.1, -0.05) is 23.2 Å². The number of benzene rings is 2. The van der Waals surface area contributed by atoms with Crippen LogP contribution in [0.4, 0.5) is 17.1 Å². The lowest BCUT2D eigenvalue weighted by molar-refractivity contribution is -0.383. The molecular formula is C13H8Cl2N2O4. The van der Waals surface area contributed by atoms with Crippen molar-refractivity contribution >= 4 is 46.2 Å². The molecule has 0 spiro atoms. The Labute approximate surface area is 129 Å². The molecular weight excluding hydrogens is 319 g/mol. The number of carboxylic acid groups (broad SMARTS) is 1. The van der Waals surface area contributed by atoms with E-state index in [9.17, 15) is 14.9 Å². The smallest absolute Gasteiger partial charge is 0.335 e. The van der Waals surface area contributed by atoms with Crippen LogP contribution in [0.25, 0.3) is 0 Å². The summed E-state index contributed by atoms with van der Waals surface area (Å²) in [5, 5.41) is 23.0. The van der Waals surface area contributed by atoms with Gasteiger partial charge in [0.2, 0.25) is 0 Å². The summed E-state index contributed by atoms with van der Waals surface area (Å²) >= 11 is 11.7. The van der Waals surface area contributed by atoms with Crippen LogP contribution in [-0.4, -0.2) is 16.0 Å². The van der Waals surface area contributed by atoms with Crippen molar-refractivity contribution in [1.29, 1.82) is 0 Å². The summed E-state index contributed by atoms with van der Waals surface area (Å²) in [5.74, 6) is -1.11. The molecule has 2 aromatic carbocycles. The second kappa shape index (κ2) is 5.99. The van der Waals surface area contributed by atoms with Crippen molar-refractivity contribution in [3.05, 3.63) is 62.1 Å². The normalized spacial score (nSPS) is 10.2. The number of anilines is 2. The van der Waals surface area contributed by atoms with E-state index < -0.39 is 10.9 Å². The van der Waals surface area contributed by atoms with Crippen molar-refractivity contribution in [3.8, 4) is 0 Å². The molecule has 0 aliphatic heterocycles. The molecule has 21 heavy (non-hydrogen) atoms. The fourth-order valence-corrected chi connectivity index (χ4v) is 2.05. The molecule has 0 aliphatic carbocycles. The SMILES string of the molecule is O=C(O)c1ccc(Nc2ccc(Cl)cc2[N+](=O)[O-])c(Cl)c1. The van der Waals surface area contributed by atoms with Gasteiger partial charge in [0, 0.05) is 11.1 Å². The van der Waals surface area contributed by atoms with Gasteiger partial charge in [-0.25, -0.2) is 4.79 Å². The molecule has 6 nitrogen and oxygen atoms in total. The second-order valence-corrected chi connectivity index (χ2v) is 4.89. The zero-order valence-electron chi connectivity index (χ0n) is 10.3. The van der Waals surface area contributed by atoms with Gasteiger partial charge in [0.15, 0.2) is 0 Å². The van der Waals surface area contributed by atoms with Crippen LogP contribution in [0.1, 0.15) is 10.4 Å². The standard InChI is InChI=1S/C13H8Cl2N2O4/c14-8-2-4-11(12(6-8)17(20)21)16-10-3-1-7(13(18)19)5-9(10)15/h1-6,16H,(H,18,19). The minimum absolute atomic E-state index is 0.0242. The molecule has 2 aromatic rings. The topological polar surface area (TPSA) is 92.5 Å². The van der Waals surface area contributed by atoms with Gasteiger partial charge >= 0.3 is 5.97 Å². The van der Waals surface area contributed by atoms with Gasteiger partial charge < -0.3 is 10.4 Å². The first kappa shape index (κ1) is 15.1. The molecule has 8 heteroatoms. The van der Waals surface area contributed by atoms with E-state index in [1.807, 2.05) is 0 Å². The third kappa shape index (κ3) is 3.42. The van der Waals surface area contributed by atoms with E-state index >= 15 is 0 Å². The summed E-state index contributed by atoms with van der Waals surface area (Å²) in [4.78, 5) is 21.2. The number of aromatic carboxylic acids is 1. The van der Waals surface area contributed by atoms with Crippen molar-refractivity contribution < 1.29 is 14.8 Å². The summed E-state index contributed by atoms with van der Waals surface area (Å²) in [7, 11) is 0. The number of carboxylic acids is 1. The number of hydrogen-bond acceptors (Lipinski definition) is 4. The first-order valence-corrected chi connectivity index (χ1v) is 6.38. The minimum atomic E-state index is -1.11. The van der Waals surface area contributed by atoms with Gasteiger partial charge in [-0.05, 0) is 30.3 Å². The maximum atomic E-state index is 11.0. The molecule has 0 radical (unpaired) electrons. The van der Waals surface area contributed by atoms with Crippen LogP contribution >= 0.6 is 23.2 Å². The quantitative estimate of drug-likeness (QED) is 0.643. The zero-order chi connectivity index (χ0) is 15.6. The van der Waals surface area contributed by atoms with E-state index in [4.69, 9.17) is 28.3 Å². The van der Waals surface area contributed by atoms with E-state index in [1.54, 1.807) is 0 Å². The van der Waals surface area contributed by atoms with Crippen LogP contribution in [0, 0.1) is 10.1 Å². The van der Waals surface area contributed by atoms with Gasteiger partial charge in [0.05, 0.1) is 21.2 Å². The molecule has 108 valence electrons. The first-order chi connectivity index (χ1) is 9.88. The molecule has 0 atom stereocenters. The molecule has 2 N–H and O–H groups in total. The van der Waals surface area contributed by atoms with Crippen molar-refractivity contribution in [2.75, 3.05) is 5.32 Å². The molecule has 0 heterocycles. The van der Waals surface area contributed by atoms with Gasteiger partial charge in [0.1, 0.15) is 5.69 Å². The number of nitro groups is 1. The van der Waals surface area contributed by atoms with E-state index in [2.05, 4.69) is 5.32 Å². The van der Waals surface area contributed by atoms with Gasteiger partial charge in [0.25, 0.3) is 5.69 Å². The maximum Gasteiger partial charge on any atom is 0.335 e. The highest BCUT2D eigenvalue weighted by atomic mass is 35.5. The van der Waals surface area contributed by atoms with E-state index in [-0.39, 0.29) is 27.0 Å². The number of halogens is 2. The molecule has 0 bridgehead atoms. The maximum absolute atomic E-state index is 11.0.